The number of hydrogen-bond donors (Lipinski definition) is 2. The number of aliphatic carboxylic acids is 1. The van der Waals surface area contributed by atoms with E-state index in [0.717, 1.165) is 4.57 Å². The molecule has 0 fully saturated rings. The summed E-state index contributed by atoms with van der Waals surface area (Å²) in [6, 6.07) is 4.20. The largest absolute Gasteiger partial charge is 0.480 e. The molecule has 0 aliphatic carbocycles. The number of aromatic nitrogens is 1. The number of nitrogens with zero attached hydrogens (tertiary/aromatic N) is 1. The molecule has 1 aromatic carbocycles. The lowest BCUT2D eigenvalue weighted by Crippen LogP contribution is -2.15. The van der Waals surface area contributed by atoms with Crippen LogP contribution >= 0.6 is 0 Å². The molecule has 2 N–H and O–H groups in total. The van der Waals surface area contributed by atoms with Gasteiger partial charge < -0.3 is 14.8 Å². The third kappa shape index (κ3) is 1.71. The van der Waals surface area contributed by atoms with E-state index in [2.05, 4.69) is 0 Å². The topological polar surface area (TPSA) is 79.5 Å². The van der Waals surface area contributed by atoms with Crippen LogP contribution in [0, 0.1) is 12.7 Å². The highest BCUT2D eigenvalue weighted by Crippen LogP contribution is 2.27. The number of carboxylic acid groups (broad SMARTS) is 2. The second-order valence-electron chi connectivity index (χ2n) is 3.89. The van der Waals surface area contributed by atoms with Gasteiger partial charge in [0.2, 0.25) is 0 Å². The highest BCUT2D eigenvalue weighted by Gasteiger charge is 2.22. The van der Waals surface area contributed by atoms with Gasteiger partial charge in [0, 0.05) is 5.39 Å². The molecule has 0 saturated carbocycles. The molecular weight excluding hydrogens is 241 g/mol. The zero-order chi connectivity index (χ0) is 13.4. The summed E-state index contributed by atoms with van der Waals surface area (Å²) >= 11 is 0. The van der Waals surface area contributed by atoms with E-state index in [0.29, 0.717) is 10.9 Å². The molecule has 0 amide bonds. The molecular formula is C12H10FNO4. The van der Waals surface area contributed by atoms with Crippen LogP contribution in [-0.2, 0) is 11.3 Å². The Bertz CT molecular complexity index is 660. The first-order chi connectivity index (χ1) is 8.43. The Kier molecular flexibility index (Phi) is 2.78. The van der Waals surface area contributed by atoms with Gasteiger partial charge in [0.25, 0.3) is 0 Å². The summed E-state index contributed by atoms with van der Waals surface area (Å²) in [5.41, 5.74) is 0.172. The number of hydrogen-bond acceptors (Lipinski definition) is 2. The van der Waals surface area contributed by atoms with Crippen LogP contribution in [0.25, 0.3) is 10.9 Å². The Morgan fingerprint density at radius 3 is 2.56 bits per heavy atom. The van der Waals surface area contributed by atoms with Crippen LogP contribution in [0.3, 0.4) is 0 Å². The number of para-hydroxylation sites is 1. The van der Waals surface area contributed by atoms with Crippen LogP contribution in [0.2, 0.25) is 0 Å². The Morgan fingerprint density at radius 1 is 1.33 bits per heavy atom. The van der Waals surface area contributed by atoms with Crippen molar-refractivity contribution in [2.24, 2.45) is 0 Å². The molecule has 0 spiro atoms. The third-order valence-corrected chi connectivity index (χ3v) is 2.78. The average molecular weight is 251 g/mol. The van der Waals surface area contributed by atoms with Crippen molar-refractivity contribution in [2.75, 3.05) is 0 Å². The number of carbonyl (C=O) groups is 2. The fraction of sp³-hybridized carbons (Fsp3) is 0.167. The zero-order valence-corrected chi connectivity index (χ0v) is 9.48. The number of carboxylic acids is 2. The van der Waals surface area contributed by atoms with Crippen LogP contribution < -0.4 is 0 Å². The SMILES string of the molecule is Cc1c(C(=O)O)n(CC(=O)O)c2c(F)cccc12. The Morgan fingerprint density at radius 2 is 2.00 bits per heavy atom. The third-order valence-electron chi connectivity index (χ3n) is 2.78. The van der Waals surface area contributed by atoms with E-state index >= 15 is 0 Å². The molecule has 94 valence electrons. The normalized spacial score (nSPS) is 10.8. The number of rotatable bonds is 3. The summed E-state index contributed by atoms with van der Waals surface area (Å²) in [4.78, 5) is 21.9. The molecule has 18 heavy (non-hydrogen) atoms. The number of fused-ring (bicyclic) bond motifs is 1. The van der Waals surface area contributed by atoms with E-state index < -0.39 is 24.3 Å². The smallest absolute Gasteiger partial charge is 0.352 e. The molecule has 0 unspecified atom stereocenters. The van der Waals surface area contributed by atoms with Gasteiger partial charge in [-0.15, -0.1) is 0 Å². The van der Waals surface area contributed by atoms with Crippen LogP contribution in [0.4, 0.5) is 4.39 Å². The lowest BCUT2D eigenvalue weighted by molar-refractivity contribution is -0.137. The molecule has 2 rings (SSSR count). The van der Waals surface area contributed by atoms with Crippen molar-refractivity contribution in [1.29, 1.82) is 0 Å². The summed E-state index contributed by atoms with van der Waals surface area (Å²) in [6.45, 7) is 0.941. The minimum atomic E-state index is -1.27. The van der Waals surface area contributed by atoms with Crippen molar-refractivity contribution in [1.82, 2.24) is 4.57 Å². The van der Waals surface area contributed by atoms with Gasteiger partial charge in [-0.05, 0) is 18.6 Å². The van der Waals surface area contributed by atoms with Crippen LogP contribution in [0.5, 0.6) is 0 Å². The van der Waals surface area contributed by atoms with Crippen molar-refractivity contribution in [3.05, 3.63) is 35.3 Å². The summed E-state index contributed by atoms with van der Waals surface area (Å²) in [6.07, 6.45) is 0. The predicted octanol–water partition coefficient (Wildman–Crippen LogP) is 1.87. The quantitative estimate of drug-likeness (QED) is 0.872. The van der Waals surface area contributed by atoms with Crippen LogP contribution in [-0.4, -0.2) is 26.7 Å². The zero-order valence-electron chi connectivity index (χ0n) is 9.48. The average Bonchev–Trinajstić information content (AvgIpc) is 2.52. The number of aryl methyl sites for hydroxylation is 1. The molecule has 2 aromatic rings. The molecule has 0 aliphatic heterocycles. The summed E-state index contributed by atoms with van der Waals surface area (Å²) < 4.78 is 14.7. The summed E-state index contributed by atoms with van der Waals surface area (Å²) in [5.74, 6) is -3.13. The van der Waals surface area contributed by atoms with Gasteiger partial charge in [0.1, 0.15) is 18.1 Å². The Balaban J connectivity index is 2.89. The first kappa shape index (κ1) is 12.1. The molecule has 0 bridgehead atoms. The first-order valence-electron chi connectivity index (χ1n) is 5.16. The van der Waals surface area contributed by atoms with Crippen LogP contribution in [0.1, 0.15) is 16.1 Å². The molecule has 6 heteroatoms. The molecule has 0 atom stereocenters. The predicted molar refractivity (Wildman–Crippen MR) is 61.2 cm³/mol. The number of benzene rings is 1. The minimum Gasteiger partial charge on any atom is -0.480 e. The molecule has 1 aromatic heterocycles. The van der Waals surface area contributed by atoms with E-state index in [9.17, 15) is 14.0 Å². The lowest BCUT2D eigenvalue weighted by atomic mass is 10.1. The maximum absolute atomic E-state index is 13.7. The van der Waals surface area contributed by atoms with E-state index in [1.165, 1.54) is 19.1 Å². The molecule has 5 nitrogen and oxygen atoms in total. The Labute approximate surface area is 101 Å². The maximum atomic E-state index is 13.7. The number of halogens is 1. The van der Waals surface area contributed by atoms with Gasteiger partial charge in [0.15, 0.2) is 0 Å². The van der Waals surface area contributed by atoms with E-state index in [1.807, 2.05) is 0 Å². The minimum absolute atomic E-state index is 0.00907. The second-order valence-corrected chi connectivity index (χ2v) is 3.89. The van der Waals surface area contributed by atoms with E-state index in [-0.39, 0.29) is 11.2 Å². The lowest BCUT2D eigenvalue weighted by Gasteiger charge is -2.05. The van der Waals surface area contributed by atoms with Crippen molar-refractivity contribution >= 4 is 22.8 Å². The first-order valence-corrected chi connectivity index (χ1v) is 5.16. The van der Waals surface area contributed by atoms with Gasteiger partial charge in [-0.2, -0.15) is 0 Å². The molecule has 0 aliphatic rings. The summed E-state index contributed by atoms with van der Waals surface area (Å²) in [7, 11) is 0. The highest BCUT2D eigenvalue weighted by molar-refractivity contribution is 5.98. The van der Waals surface area contributed by atoms with Crippen molar-refractivity contribution < 1.29 is 24.2 Å². The van der Waals surface area contributed by atoms with Gasteiger partial charge in [-0.1, -0.05) is 12.1 Å². The molecule has 0 radical (unpaired) electrons. The fourth-order valence-corrected chi connectivity index (χ4v) is 2.10. The van der Waals surface area contributed by atoms with Crippen LogP contribution in [0.15, 0.2) is 18.2 Å². The monoisotopic (exact) mass is 251 g/mol. The van der Waals surface area contributed by atoms with Crippen molar-refractivity contribution in [3.8, 4) is 0 Å². The second kappa shape index (κ2) is 4.14. The van der Waals surface area contributed by atoms with Crippen molar-refractivity contribution in [2.45, 2.75) is 13.5 Å². The molecule has 1 heterocycles. The Hall–Kier alpha value is -2.37. The highest BCUT2D eigenvalue weighted by atomic mass is 19.1. The maximum Gasteiger partial charge on any atom is 0.352 e. The molecule has 0 saturated heterocycles. The van der Waals surface area contributed by atoms with E-state index in [4.69, 9.17) is 10.2 Å². The van der Waals surface area contributed by atoms with Gasteiger partial charge in [0.05, 0.1) is 5.52 Å². The van der Waals surface area contributed by atoms with Gasteiger partial charge >= 0.3 is 11.9 Å². The fourth-order valence-electron chi connectivity index (χ4n) is 2.10. The van der Waals surface area contributed by atoms with Gasteiger partial charge in [-0.3, -0.25) is 4.79 Å². The van der Waals surface area contributed by atoms with E-state index in [1.54, 1.807) is 6.07 Å². The van der Waals surface area contributed by atoms with Gasteiger partial charge in [-0.25, -0.2) is 9.18 Å². The summed E-state index contributed by atoms with van der Waals surface area (Å²) in [5, 5.41) is 18.3. The van der Waals surface area contributed by atoms with Crippen molar-refractivity contribution in [3.63, 3.8) is 0 Å². The number of aromatic carboxylic acids is 1. The standard InChI is InChI=1S/C12H10FNO4/c1-6-7-3-2-4-8(13)11(7)14(5-9(15)16)10(6)12(17)18/h2-4H,5H2,1H3,(H,15,16)(H,17,18).